The number of nitrogens with zero attached hydrogens (tertiary/aromatic N) is 1. The summed E-state index contributed by atoms with van der Waals surface area (Å²) in [4.78, 5) is 16.0. The van der Waals surface area contributed by atoms with Crippen LogP contribution in [0.15, 0.2) is 6.20 Å². The number of aliphatic hydroxyl groups excluding tert-OH is 1. The van der Waals surface area contributed by atoms with Crippen molar-refractivity contribution in [3.63, 3.8) is 0 Å². The van der Waals surface area contributed by atoms with Gasteiger partial charge in [0, 0.05) is 23.7 Å². The number of aromatic hydroxyl groups is 1. The third-order valence-corrected chi connectivity index (χ3v) is 5.96. The molecule has 2 N–H and O–H groups in total. The molecule has 1 heterocycles. The summed E-state index contributed by atoms with van der Waals surface area (Å²) in [6, 6.07) is 0. The second-order valence-corrected chi connectivity index (χ2v) is 8.71. The Morgan fingerprint density at radius 1 is 0.871 bits per heavy atom. The highest BCUT2D eigenvalue weighted by atomic mass is 16.5. The van der Waals surface area contributed by atoms with Crippen LogP contribution in [0.4, 0.5) is 0 Å². The van der Waals surface area contributed by atoms with Crippen molar-refractivity contribution in [1.29, 1.82) is 0 Å². The number of aryl methyl sites for hydroxylation is 1. The number of carbonyl (C=O) groups is 1. The van der Waals surface area contributed by atoms with Gasteiger partial charge in [-0.15, -0.1) is 0 Å². The lowest BCUT2D eigenvalue weighted by atomic mass is 10.0. The van der Waals surface area contributed by atoms with E-state index < -0.39 is 0 Å². The van der Waals surface area contributed by atoms with Gasteiger partial charge >= 0.3 is 5.97 Å². The van der Waals surface area contributed by atoms with Gasteiger partial charge in [0.05, 0.1) is 12.3 Å². The summed E-state index contributed by atoms with van der Waals surface area (Å²) >= 11 is 0. The molecule has 0 amide bonds. The van der Waals surface area contributed by atoms with Gasteiger partial charge in [0.2, 0.25) is 0 Å². The average molecular weight is 436 g/mol. The number of carbonyl (C=O) groups excluding carboxylic acids is 1. The Labute approximate surface area is 189 Å². The maximum atomic E-state index is 11.9. The Morgan fingerprint density at radius 2 is 1.35 bits per heavy atom. The third kappa shape index (κ3) is 12.7. The highest BCUT2D eigenvalue weighted by Gasteiger charge is 2.12. The van der Waals surface area contributed by atoms with Crippen molar-refractivity contribution in [3.8, 4) is 5.75 Å². The molecule has 0 bridgehead atoms. The second kappa shape index (κ2) is 18.0. The zero-order valence-corrected chi connectivity index (χ0v) is 20.0. The number of hydrogen-bond donors (Lipinski definition) is 2. The van der Waals surface area contributed by atoms with Crippen LogP contribution in [0.25, 0.3) is 0 Å². The number of rotatable bonds is 19. The molecular formula is C26H45NO4. The van der Waals surface area contributed by atoms with Gasteiger partial charge in [0.25, 0.3) is 0 Å². The molecule has 0 atom stereocenters. The van der Waals surface area contributed by atoms with Crippen molar-refractivity contribution < 1.29 is 19.7 Å². The second-order valence-electron chi connectivity index (χ2n) is 8.71. The SMILES string of the molecule is CCCCCCCCCCCCCCCCCC(=O)OCc1cnc(C)c(O)c1CO. The van der Waals surface area contributed by atoms with Gasteiger partial charge < -0.3 is 14.9 Å². The Morgan fingerprint density at radius 3 is 1.84 bits per heavy atom. The first-order valence-electron chi connectivity index (χ1n) is 12.5. The minimum Gasteiger partial charge on any atom is -0.506 e. The lowest BCUT2D eigenvalue weighted by molar-refractivity contribution is -0.145. The number of hydrogen-bond acceptors (Lipinski definition) is 5. The van der Waals surface area contributed by atoms with E-state index in [4.69, 9.17) is 4.74 Å². The van der Waals surface area contributed by atoms with Gasteiger partial charge in [-0.3, -0.25) is 9.78 Å². The molecule has 0 aliphatic heterocycles. The maximum absolute atomic E-state index is 11.9. The van der Waals surface area contributed by atoms with E-state index in [1.165, 1.54) is 83.5 Å². The van der Waals surface area contributed by atoms with Crippen molar-refractivity contribution in [2.45, 2.75) is 130 Å². The molecule has 0 saturated carbocycles. The lowest BCUT2D eigenvalue weighted by Crippen LogP contribution is -2.07. The number of pyridine rings is 1. The molecule has 0 radical (unpaired) electrons. The van der Waals surface area contributed by atoms with Crippen molar-refractivity contribution in [2.24, 2.45) is 0 Å². The molecule has 0 unspecified atom stereocenters. The Bertz CT molecular complexity index is 603. The smallest absolute Gasteiger partial charge is 0.306 e. The molecule has 5 nitrogen and oxygen atoms in total. The van der Waals surface area contributed by atoms with Crippen LogP contribution in [0, 0.1) is 6.92 Å². The topological polar surface area (TPSA) is 79.7 Å². The summed E-state index contributed by atoms with van der Waals surface area (Å²) in [5.74, 6) is -0.267. The number of ether oxygens (including phenoxy) is 1. The predicted molar refractivity (Wildman–Crippen MR) is 126 cm³/mol. The molecule has 178 valence electrons. The Kier molecular flexibility index (Phi) is 15.9. The van der Waals surface area contributed by atoms with Crippen LogP contribution in [0.1, 0.15) is 126 Å². The molecule has 1 aromatic heterocycles. The van der Waals surface area contributed by atoms with Gasteiger partial charge in [0.15, 0.2) is 0 Å². The molecule has 0 aliphatic carbocycles. The zero-order valence-electron chi connectivity index (χ0n) is 20.0. The standard InChI is InChI=1S/C26H45NO4/c1-3-4-5-6-7-8-9-10-11-12-13-14-15-16-17-18-25(29)31-21-23-19-27-22(2)26(30)24(23)20-28/h19,28,30H,3-18,20-21H2,1-2H3. The van der Waals surface area contributed by atoms with E-state index in [1.54, 1.807) is 13.1 Å². The van der Waals surface area contributed by atoms with E-state index in [9.17, 15) is 15.0 Å². The third-order valence-electron chi connectivity index (χ3n) is 5.96. The van der Waals surface area contributed by atoms with E-state index in [2.05, 4.69) is 11.9 Å². The van der Waals surface area contributed by atoms with E-state index in [1.807, 2.05) is 0 Å². The quantitative estimate of drug-likeness (QED) is 0.183. The molecule has 31 heavy (non-hydrogen) atoms. The van der Waals surface area contributed by atoms with Gasteiger partial charge in [-0.1, -0.05) is 96.8 Å². The highest BCUT2D eigenvalue weighted by Crippen LogP contribution is 2.24. The van der Waals surface area contributed by atoms with Gasteiger partial charge in [0.1, 0.15) is 12.4 Å². The Hall–Kier alpha value is -1.62. The van der Waals surface area contributed by atoms with Crippen molar-refractivity contribution >= 4 is 5.97 Å². The van der Waals surface area contributed by atoms with Crippen LogP contribution in [0.5, 0.6) is 5.75 Å². The van der Waals surface area contributed by atoms with Gasteiger partial charge in [-0.2, -0.15) is 0 Å². The van der Waals surface area contributed by atoms with Crippen molar-refractivity contribution in [1.82, 2.24) is 4.98 Å². The van der Waals surface area contributed by atoms with E-state index in [0.717, 1.165) is 12.8 Å². The van der Waals surface area contributed by atoms with Crippen LogP contribution in [-0.2, 0) is 22.7 Å². The summed E-state index contributed by atoms with van der Waals surface area (Å²) in [7, 11) is 0. The molecule has 0 spiro atoms. The first kappa shape index (κ1) is 27.4. The van der Waals surface area contributed by atoms with Crippen LogP contribution < -0.4 is 0 Å². The fourth-order valence-electron chi connectivity index (χ4n) is 3.86. The van der Waals surface area contributed by atoms with Crippen LogP contribution in [0.3, 0.4) is 0 Å². The number of aromatic nitrogens is 1. The van der Waals surface area contributed by atoms with Gasteiger partial charge in [-0.05, 0) is 13.3 Å². The van der Waals surface area contributed by atoms with Crippen LogP contribution >= 0.6 is 0 Å². The number of esters is 1. The molecule has 0 fully saturated rings. The molecule has 0 aliphatic rings. The van der Waals surface area contributed by atoms with Crippen molar-refractivity contribution in [2.75, 3.05) is 0 Å². The largest absolute Gasteiger partial charge is 0.506 e. The Balaban J connectivity index is 1.95. The first-order chi connectivity index (χ1) is 15.1. The number of unbranched alkanes of at least 4 members (excludes halogenated alkanes) is 14. The molecular weight excluding hydrogens is 390 g/mol. The summed E-state index contributed by atoms with van der Waals surface area (Å²) in [6.45, 7) is 3.66. The average Bonchev–Trinajstić information content (AvgIpc) is 2.77. The summed E-state index contributed by atoms with van der Waals surface area (Å²) in [5, 5.41) is 19.3. The fraction of sp³-hybridized carbons (Fsp3) is 0.769. The van der Waals surface area contributed by atoms with E-state index in [0.29, 0.717) is 23.2 Å². The van der Waals surface area contributed by atoms with E-state index in [-0.39, 0.29) is 24.9 Å². The summed E-state index contributed by atoms with van der Waals surface area (Å²) in [6.07, 6.45) is 21.4. The first-order valence-corrected chi connectivity index (χ1v) is 12.5. The molecule has 1 aromatic rings. The minimum absolute atomic E-state index is 0.0292. The molecule has 5 heteroatoms. The normalized spacial score (nSPS) is 11.1. The molecule has 1 rings (SSSR count). The minimum atomic E-state index is -0.304. The lowest BCUT2D eigenvalue weighted by Gasteiger charge is -2.11. The van der Waals surface area contributed by atoms with E-state index >= 15 is 0 Å². The highest BCUT2D eigenvalue weighted by molar-refractivity contribution is 5.69. The van der Waals surface area contributed by atoms with Crippen molar-refractivity contribution in [3.05, 3.63) is 23.0 Å². The maximum Gasteiger partial charge on any atom is 0.306 e. The summed E-state index contributed by atoms with van der Waals surface area (Å²) < 4.78 is 5.28. The van der Waals surface area contributed by atoms with Crippen LogP contribution in [-0.4, -0.2) is 21.2 Å². The fourth-order valence-corrected chi connectivity index (χ4v) is 3.86. The number of aliphatic hydroxyl groups is 1. The predicted octanol–water partition coefficient (Wildman–Crippen LogP) is 6.89. The van der Waals surface area contributed by atoms with Crippen LogP contribution in [0.2, 0.25) is 0 Å². The molecule has 0 saturated heterocycles. The molecule has 0 aromatic carbocycles. The monoisotopic (exact) mass is 435 g/mol. The zero-order chi connectivity index (χ0) is 22.7. The summed E-state index contributed by atoms with van der Waals surface area (Å²) in [5.41, 5.74) is 1.39. The van der Waals surface area contributed by atoms with Gasteiger partial charge in [-0.25, -0.2) is 0 Å².